The molecule has 0 N–H and O–H groups in total. The molecule has 3 heteroatoms. The highest BCUT2D eigenvalue weighted by atomic mass is 31.1. The Hall–Kier alpha value is -2.93. The Morgan fingerprint density at radius 2 is 1.00 bits per heavy atom. The molecule has 0 aliphatic rings. The van der Waals surface area contributed by atoms with Gasteiger partial charge in [0.25, 0.3) is 0 Å². The maximum absolute atomic E-state index is 9.48. The molecule has 0 saturated carbocycles. The third-order valence-electron chi connectivity index (χ3n) is 3.55. The molecule has 0 aliphatic carbocycles. The summed E-state index contributed by atoms with van der Waals surface area (Å²) in [5.74, 6) is 0. The molecular formula is C20H13N2P. The molecule has 0 bridgehead atoms. The summed E-state index contributed by atoms with van der Waals surface area (Å²) in [6.07, 6.45) is 0. The van der Waals surface area contributed by atoms with Gasteiger partial charge in [-0.2, -0.15) is 10.5 Å². The summed E-state index contributed by atoms with van der Waals surface area (Å²) in [5.41, 5.74) is 1.32. The van der Waals surface area contributed by atoms with Crippen molar-refractivity contribution in [3.63, 3.8) is 0 Å². The van der Waals surface area contributed by atoms with Gasteiger partial charge in [0.05, 0.1) is 23.3 Å². The smallest absolute Gasteiger partial charge is 0.0998 e. The molecule has 3 aromatic carbocycles. The van der Waals surface area contributed by atoms with Crippen LogP contribution in [0, 0.1) is 22.7 Å². The van der Waals surface area contributed by atoms with Crippen LogP contribution in [0.15, 0.2) is 78.9 Å². The highest BCUT2D eigenvalue weighted by Gasteiger charge is 2.21. The summed E-state index contributed by atoms with van der Waals surface area (Å²) in [7, 11) is -0.944. The van der Waals surface area contributed by atoms with Crippen molar-refractivity contribution in [1.82, 2.24) is 0 Å². The molecule has 2 nitrogen and oxygen atoms in total. The summed E-state index contributed by atoms with van der Waals surface area (Å²) in [6.45, 7) is 0. The fourth-order valence-corrected chi connectivity index (χ4v) is 5.00. The van der Waals surface area contributed by atoms with Gasteiger partial charge in [-0.15, -0.1) is 0 Å². The highest BCUT2D eigenvalue weighted by Crippen LogP contribution is 2.35. The summed E-state index contributed by atoms with van der Waals surface area (Å²) in [5, 5.41) is 22.1. The van der Waals surface area contributed by atoms with E-state index in [9.17, 15) is 10.5 Å². The molecule has 0 saturated heterocycles. The topological polar surface area (TPSA) is 47.6 Å². The molecule has 0 aromatic heterocycles. The first kappa shape index (κ1) is 15.0. The molecule has 0 spiro atoms. The van der Waals surface area contributed by atoms with Crippen LogP contribution in [0.1, 0.15) is 11.1 Å². The first-order valence-corrected chi connectivity index (χ1v) is 8.53. The quantitative estimate of drug-likeness (QED) is 0.697. The molecular weight excluding hydrogens is 299 g/mol. The Morgan fingerprint density at radius 3 is 1.48 bits per heavy atom. The normalized spacial score (nSPS) is 10.0. The molecule has 0 aliphatic heterocycles. The molecule has 108 valence electrons. The molecule has 0 amide bonds. The molecule has 0 radical (unpaired) electrons. The van der Waals surface area contributed by atoms with Gasteiger partial charge < -0.3 is 0 Å². The molecule has 0 unspecified atom stereocenters. The van der Waals surface area contributed by atoms with Crippen molar-refractivity contribution in [2.45, 2.75) is 0 Å². The van der Waals surface area contributed by atoms with Crippen molar-refractivity contribution < 1.29 is 0 Å². The second-order valence-corrected chi connectivity index (χ2v) is 7.08. The first-order valence-electron chi connectivity index (χ1n) is 7.18. The zero-order chi connectivity index (χ0) is 16.1. The minimum absolute atomic E-state index is 0.662. The van der Waals surface area contributed by atoms with E-state index in [2.05, 4.69) is 24.3 Å². The van der Waals surface area contributed by atoms with Gasteiger partial charge in [-0.05, 0) is 25.4 Å². The van der Waals surface area contributed by atoms with Gasteiger partial charge >= 0.3 is 0 Å². The van der Waals surface area contributed by atoms with Gasteiger partial charge in [0.1, 0.15) is 0 Å². The van der Waals surface area contributed by atoms with Crippen molar-refractivity contribution in [2.24, 2.45) is 0 Å². The lowest BCUT2D eigenvalue weighted by Crippen LogP contribution is -2.24. The lowest BCUT2D eigenvalue weighted by molar-refractivity contribution is 1.50. The van der Waals surface area contributed by atoms with Crippen LogP contribution in [-0.4, -0.2) is 0 Å². The van der Waals surface area contributed by atoms with Crippen molar-refractivity contribution in [1.29, 1.82) is 10.5 Å². The number of hydrogen-bond donors (Lipinski definition) is 0. The van der Waals surface area contributed by atoms with Crippen LogP contribution >= 0.6 is 7.92 Å². The summed E-state index contributed by atoms with van der Waals surface area (Å²) < 4.78 is 0. The molecule has 23 heavy (non-hydrogen) atoms. The standard InChI is InChI=1S/C20H13N2P/c21-14-16-8-4-6-12-19(16)23(18-10-2-1-3-11-18)20-13-7-5-9-17(20)15-22/h1-13H. The first-order chi connectivity index (χ1) is 11.3. The summed E-state index contributed by atoms with van der Waals surface area (Å²) >= 11 is 0. The maximum atomic E-state index is 9.48. The van der Waals surface area contributed by atoms with Crippen molar-refractivity contribution in [3.8, 4) is 12.1 Å². The van der Waals surface area contributed by atoms with Crippen LogP contribution in [0.2, 0.25) is 0 Å². The van der Waals surface area contributed by atoms with Gasteiger partial charge in [-0.1, -0.05) is 66.7 Å². The van der Waals surface area contributed by atoms with Gasteiger partial charge in [-0.3, -0.25) is 0 Å². The number of benzene rings is 3. The minimum atomic E-state index is -0.944. The lowest BCUT2D eigenvalue weighted by atomic mass is 10.2. The molecule has 0 fully saturated rings. The Morgan fingerprint density at radius 1 is 0.565 bits per heavy atom. The van der Waals surface area contributed by atoms with Gasteiger partial charge in [0, 0.05) is 10.6 Å². The zero-order valence-electron chi connectivity index (χ0n) is 12.3. The third-order valence-corrected chi connectivity index (χ3v) is 6.10. The maximum Gasteiger partial charge on any atom is 0.0998 e. The van der Waals surface area contributed by atoms with Crippen LogP contribution in [-0.2, 0) is 0 Å². The number of nitriles is 2. The SMILES string of the molecule is N#Cc1ccccc1P(c1ccccc1)c1ccccc1C#N. The average Bonchev–Trinajstić information content (AvgIpc) is 2.64. The summed E-state index contributed by atoms with van der Waals surface area (Å²) in [4.78, 5) is 0. The van der Waals surface area contributed by atoms with Crippen molar-refractivity contribution >= 4 is 23.8 Å². The third kappa shape index (κ3) is 3.00. The highest BCUT2D eigenvalue weighted by molar-refractivity contribution is 7.80. The monoisotopic (exact) mass is 312 g/mol. The van der Waals surface area contributed by atoms with Gasteiger partial charge in [0.15, 0.2) is 0 Å². The number of nitrogens with zero attached hydrogens (tertiary/aromatic N) is 2. The van der Waals surface area contributed by atoms with Crippen LogP contribution in [0.5, 0.6) is 0 Å². The van der Waals surface area contributed by atoms with E-state index < -0.39 is 7.92 Å². The molecule has 0 atom stereocenters. The predicted molar refractivity (Wildman–Crippen MR) is 94.6 cm³/mol. The van der Waals surface area contributed by atoms with E-state index in [-0.39, 0.29) is 0 Å². The predicted octanol–water partition coefficient (Wildman–Crippen LogP) is 3.19. The second kappa shape index (κ2) is 6.89. The van der Waals surface area contributed by atoms with Crippen molar-refractivity contribution in [2.75, 3.05) is 0 Å². The zero-order valence-corrected chi connectivity index (χ0v) is 13.2. The van der Waals surface area contributed by atoms with Crippen molar-refractivity contribution in [3.05, 3.63) is 90.0 Å². The van der Waals surface area contributed by atoms with E-state index in [0.29, 0.717) is 11.1 Å². The Bertz CT molecular complexity index is 847. The van der Waals surface area contributed by atoms with Gasteiger partial charge in [0.2, 0.25) is 0 Å². The van der Waals surface area contributed by atoms with Crippen LogP contribution in [0.4, 0.5) is 0 Å². The van der Waals surface area contributed by atoms with Crippen LogP contribution < -0.4 is 15.9 Å². The molecule has 0 heterocycles. The lowest BCUT2D eigenvalue weighted by Gasteiger charge is -2.21. The van der Waals surface area contributed by atoms with Crippen LogP contribution in [0.25, 0.3) is 0 Å². The summed E-state index contributed by atoms with van der Waals surface area (Å²) in [6, 6.07) is 30.0. The Balaban J connectivity index is 2.28. The molecule has 3 rings (SSSR count). The largest absolute Gasteiger partial charge is 0.192 e. The minimum Gasteiger partial charge on any atom is -0.192 e. The van der Waals surface area contributed by atoms with E-state index in [1.165, 1.54) is 0 Å². The fraction of sp³-hybridized carbons (Fsp3) is 0. The van der Waals surface area contributed by atoms with E-state index in [4.69, 9.17) is 0 Å². The van der Waals surface area contributed by atoms with Crippen LogP contribution in [0.3, 0.4) is 0 Å². The van der Waals surface area contributed by atoms with E-state index in [0.717, 1.165) is 15.9 Å². The van der Waals surface area contributed by atoms with Gasteiger partial charge in [-0.25, -0.2) is 0 Å². The number of rotatable bonds is 3. The second-order valence-electron chi connectivity index (χ2n) is 4.93. The average molecular weight is 312 g/mol. The molecule has 3 aromatic rings. The van der Waals surface area contributed by atoms with E-state index in [1.807, 2.05) is 66.7 Å². The van der Waals surface area contributed by atoms with E-state index in [1.54, 1.807) is 0 Å². The van der Waals surface area contributed by atoms with E-state index >= 15 is 0 Å². The Kier molecular flexibility index (Phi) is 4.49. The number of hydrogen-bond acceptors (Lipinski definition) is 2. The fourth-order valence-electron chi connectivity index (χ4n) is 2.51. The Labute approximate surface area is 137 Å².